The van der Waals surface area contributed by atoms with Crippen molar-refractivity contribution in [1.29, 1.82) is 0 Å². The largest absolute Gasteiger partial charge is 0.456 e. The van der Waals surface area contributed by atoms with E-state index < -0.39 is 0 Å². The summed E-state index contributed by atoms with van der Waals surface area (Å²) in [4.78, 5) is 0. The van der Waals surface area contributed by atoms with E-state index in [0.29, 0.717) is 0 Å². The molecule has 0 fully saturated rings. The summed E-state index contributed by atoms with van der Waals surface area (Å²) in [6.45, 7) is 0. The summed E-state index contributed by atoms with van der Waals surface area (Å²) in [5.74, 6) is 0. The van der Waals surface area contributed by atoms with Gasteiger partial charge in [-0.1, -0.05) is 146 Å². The van der Waals surface area contributed by atoms with Crippen LogP contribution in [0.2, 0.25) is 0 Å². The Kier molecular flexibility index (Phi) is 5.27. The van der Waals surface area contributed by atoms with Crippen molar-refractivity contribution in [2.45, 2.75) is 0 Å². The summed E-state index contributed by atoms with van der Waals surface area (Å²) < 4.78 is 6.49. The summed E-state index contributed by atoms with van der Waals surface area (Å²) in [5.41, 5.74) is 9.22. The van der Waals surface area contributed by atoms with Gasteiger partial charge in [-0.25, -0.2) is 0 Å². The predicted molar refractivity (Wildman–Crippen MR) is 183 cm³/mol. The first-order valence-corrected chi connectivity index (χ1v) is 14.8. The highest BCUT2D eigenvalue weighted by Crippen LogP contribution is 2.47. The lowest BCUT2D eigenvalue weighted by molar-refractivity contribution is 0.669. The average molecular weight is 547 g/mol. The maximum Gasteiger partial charge on any atom is 0.136 e. The Morgan fingerprint density at radius 3 is 1.53 bits per heavy atom. The molecule has 1 heteroatoms. The van der Waals surface area contributed by atoms with E-state index in [1.54, 1.807) is 0 Å². The third-order valence-corrected chi connectivity index (χ3v) is 8.87. The van der Waals surface area contributed by atoms with Crippen molar-refractivity contribution in [3.05, 3.63) is 158 Å². The summed E-state index contributed by atoms with van der Waals surface area (Å²) in [5, 5.41) is 9.76. The fourth-order valence-corrected chi connectivity index (χ4v) is 6.98. The maximum atomic E-state index is 6.49. The fraction of sp³-hybridized carbons (Fsp3) is 0. The van der Waals surface area contributed by atoms with Gasteiger partial charge in [-0.2, -0.15) is 0 Å². The number of furan rings is 1. The van der Waals surface area contributed by atoms with Crippen molar-refractivity contribution in [2.75, 3.05) is 0 Å². The second kappa shape index (κ2) is 9.44. The first-order chi connectivity index (χ1) is 21.3. The average Bonchev–Trinajstić information content (AvgIpc) is 3.47. The minimum atomic E-state index is 0.914. The van der Waals surface area contributed by atoms with E-state index in [1.165, 1.54) is 76.5 Å². The lowest BCUT2D eigenvalue weighted by Crippen LogP contribution is -1.91. The van der Waals surface area contributed by atoms with Crippen LogP contribution in [0.15, 0.2) is 162 Å². The van der Waals surface area contributed by atoms with Crippen LogP contribution in [0.3, 0.4) is 0 Å². The second-order valence-electron chi connectivity index (χ2n) is 11.2. The van der Waals surface area contributed by atoms with Crippen LogP contribution in [0.25, 0.3) is 87.6 Å². The van der Waals surface area contributed by atoms with Crippen LogP contribution in [0.1, 0.15) is 0 Å². The van der Waals surface area contributed by atoms with Crippen molar-refractivity contribution >= 4 is 54.3 Å². The zero-order valence-corrected chi connectivity index (χ0v) is 23.4. The molecule has 0 radical (unpaired) electrons. The molecule has 0 atom stereocenters. The van der Waals surface area contributed by atoms with Crippen LogP contribution in [-0.4, -0.2) is 0 Å². The molecule has 0 spiro atoms. The van der Waals surface area contributed by atoms with Crippen molar-refractivity contribution in [3.63, 3.8) is 0 Å². The summed E-state index contributed by atoms with van der Waals surface area (Å²) in [6, 6.07) is 56.7. The molecule has 200 valence electrons. The van der Waals surface area contributed by atoms with E-state index >= 15 is 0 Å². The van der Waals surface area contributed by atoms with Crippen molar-refractivity contribution in [2.24, 2.45) is 0 Å². The van der Waals surface area contributed by atoms with Gasteiger partial charge >= 0.3 is 0 Å². The molecule has 0 saturated heterocycles. The van der Waals surface area contributed by atoms with Gasteiger partial charge in [-0.3, -0.25) is 0 Å². The van der Waals surface area contributed by atoms with Gasteiger partial charge in [-0.15, -0.1) is 0 Å². The molecular formula is C42H26O. The summed E-state index contributed by atoms with van der Waals surface area (Å²) in [6.07, 6.45) is 0. The van der Waals surface area contributed by atoms with Crippen LogP contribution in [-0.2, 0) is 0 Å². The van der Waals surface area contributed by atoms with Gasteiger partial charge < -0.3 is 4.42 Å². The van der Waals surface area contributed by atoms with Gasteiger partial charge in [-0.05, 0) is 77.8 Å². The molecule has 0 N–H and O–H groups in total. The van der Waals surface area contributed by atoms with E-state index in [2.05, 4.69) is 158 Å². The third kappa shape index (κ3) is 3.65. The highest BCUT2D eigenvalue weighted by atomic mass is 16.3. The molecule has 0 unspecified atom stereocenters. The molecule has 8 aromatic carbocycles. The van der Waals surface area contributed by atoms with Gasteiger partial charge in [0, 0.05) is 10.8 Å². The zero-order chi connectivity index (χ0) is 28.3. The van der Waals surface area contributed by atoms with E-state index in [4.69, 9.17) is 4.42 Å². The second-order valence-corrected chi connectivity index (χ2v) is 11.2. The molecule has 1 nitrogen and oxygen atoms in total. The van der Waals surface area contributed by atoms with E-state index in [9.17, 15) is 0 Å². The Morgan fingerprint density at radius 2 is 0.837 bits per heavy atom. The fourth-order valence-electron chi connectivity index (χ4n) is 6.98. The minimum Gasteiger partial charge on any atom is -0.456 e. The first-order valence-electron chi connectivity index (χ1n) is 14.8. The minimum absolute atomic E-state index is 0.914. The molecule has 9 aromatic rings. The molecule has 1 heterocycles. The molecule has 0 bridgehead atoms. The zero-order valence-electron chi connectivity index (χ0n) is 23.4. The monoisotopic (exact) mass is 546 g/mol. The Labute approximate surface area is 249 Å². The lowest BCUT2D eigenvalue weighted by atomic mass is 9.84. The van der Waals surface area contributed by atoms with Crippen molar-refractivity contribution in [3.8, 4) is 33.4 Å². The molecule has 9 rings (SSSR count). The van der Waals surface area contributed by atoms with Gasteiger partial charge in [0.25, 0.3) is 0 Å². The molecule has 0 aliphatic heterocycles. The lowest BCUT2D eigenvalue weighted by Gasteiger charge is -2.18. The highest BCUT2D eigenvalue weighted by molar-refractivity contribution is 6.28. The van der Waals surface area contributed by atoms with Crippen LogP contribution in [0.4, 0.5) is 0 Å². The van der Waals surface area contributed by atoms with E-state index in [1.807, 2.05) is 0 Å². The number of hydrogen-bond donors (Lipinski definition) is 0. The topological polar surface area (TPSA) is 13.1 Å². The quantitative estimate of drug-likeness (QED) is 0.201. The Morgan fingerprint density at radius 1 is 0.302 bits per heavy atom. The summed E-state index contributed by atoms with van der Waals surface area (Å²) >= 11 is 0. The molecule has 0 amide bonds. The molecular weight excluding hydrogens is 520 g/mol. The number of fused-ring (bicyclic) bond motifs is 7. The van der Waals surface area contributed by atoms with Crippen molar-refractivity contribution < 1.29 is 4.42 Å². The third-order valence-electron chi connectivity index (χ3n) is 8.87. The van der Waals surface area contributed by atoms with E-state index in [0.717, 1.165) is 11.2 Å². The maximum absolute atomic E-state index is 6.49. The molecule has 0 aliphatic carbocycles. The Hall–Kier alpha value is -5.66. The summed E-state index contributed by atoms with van der Waals surface area (Å²) in [7, 11) is 0. The number of hydrogen-bond acceptors (Lipinski definition) is 1. The molecule has 43 heavy (non-hydrogen) atoms. The van der Waals surface area contributed by atoms with E-state index in [-0.39, 0.29) is 0 Å². The normalized spacial score (nSPS) is 11.7. The van der Waals surface area contributed by atoms with Gasteiger partial charge in [0.15, 0.2) is 0 Å². The SMILES string of the molecule is c1ccc(-c2ccc(-c3c4ccccc4c(-c4cccc5oc6ccc7ccccc7c6c45)c4ccccc34)cc2)cc1. The standard InChI is InChI=1S/C42H26O/c1-2-11-27(12-3-1)28-21-23-30(24-22-28)39-32-15-6-8-17-34(32)40(35-18-9-7-16-33(35)39)36-19-10-20-37-42(36)41-31-14-5-4-13-29(31)25-26-38(41)43-37/h1-26H. The van der Waals surface area contributed by atoms with Crippen LogP contribution in [0, 0.1) is 0 Å². The van der Waals surface area contributed by atoms with Crippen LogP contribution < -0.4 is 0 Å². The van der Waals surface area contributed by atoms with Gasteiger partial charge in [0.1, 0.15) is 11.2 Å². The van der Waals surface area contributed by atoms with Gasteiger partial charge in [0.2, 0.25) is 0 Å². The molecule has 0 aliphatic rings. The first kappa shape index (κ1) is 24.0. The van der Waals surface area contributed by atoms with Gasteiger partial charge in [0.05, 0.1) is 0 Å². The van der Waals surface area contributed by atoms with Crippen molar-refractivity contribution in [1.82, 2.24) is 0 Å². The highest BCUT2D eigenvalue weighted by Gasteiger charge is 2.21. The predicted octanol–water partition coefficient (Wildman–Crippen LogP) is 12.0. The van der Waals surface area contributed by atoms with Crippen LogP contribution in [0.5, 0.6) is 0 Å². The number of rotatable bonds is 3. The number of benzene rings is 8. The molecule has 0 saturated carbocycles. The van der Waals surface area contributed by atoms with Crippen LogP contribution >= 0.6 is 0 Å². The Bertz CT molecular complexity index is 2420. The molecule has 1 aromatic heterocycles. The smallest absolute Gasteiger partial charge is 0.136 e. The Balaban J connectivity index is 1.38.